The summed E-state index contributed by atoms with van der Waals surface area (Å²) in [6.45, 7) is -1.42. The Labute approximate surface area is 160 Å². The first-order valence-electron chi connectivity index (χ1n) is 8.04. The quantitative estimate of drug-likeness (QED) is 0.612. The first-order chi connectivity index (χ1) is 13.0. The van der Waals surface area contributed by atoms with Crippen molar-refractivity contribution in [1.82, 2.24) is 14.8 Å². The van der Waals surface area contributed by atoms with Gasteiger partial charge in [0.15, 0.2) is 5.69 Å². The van der Waals surface area contributed by atoms with E-state index in [1.165, 1.54) is 4.68 Å². The lowest BCUT2D eigenvalue weighted by Gasteiger charge is -2.14. The van der Waals surface area contributed by atoms with Gasteiger partial charge in [0.25, 0.3) is 0 Å². The number of hydrogen-bond donors (Lipinski definition) is 1. The molecule has 0 saturated heterocycles. The summed E-state index contributed by atoms with van der Waals surface area (Å²) in [6.07, 6.45) is -4.67. The molecular formula is C16H15ClF5N3O3. The maximum atomic E-state index is 12.8. The van der Waals surface area contributed by atoms with E-state index in [4.69, 9.17) is 16.7 Å². The van der Waals surface area contributed by atoms with Crippen LogP contribution in [0.3, 0.4) is 0 Å². The summed E-state index contributed by atoms with van der Waals surface area (Å²) in [5.41, 5.74) is -0.408. The fourth-order valence-corrected chi connectivity index (χ4v) is 2.84. The van der Waals surface area contributed by atoms with Crippen molar-refractivity contribution in [3.63, 3.8) is 0 Å². The molecule has 28 heavy (non-hydrogen) atoms. The van der Waals surface area contributed by atoms with Crippen LogP contribution in [0.1, 0.15) is 35.9 Å². The molecule has 0 aromatic carbocycles. The van der Waals surface area contributed by atoms with E-state index in [9.17, 15) is 26.7 Å². The fourth-order valence-electron chi connectivity index (χ4n) is 2.52. The molecule has 6 nitrogen and oxygen atoms in total. The van der Waals surface area contributed by atoms with Crippen LogP contribution >= 0.6 is 11.6 Å². The van der Waals surface area contributed by atoms with Gasteiger partial charge in [0.2, 0.25) is 0 Å². The zero-order valence-corrected chi connectivity index (χ0v) is 15.2. The van der Waals surface area contributed by atoms with Crippen LogP contribution in [-0.4, -0.2) is 38.6 Å². The van der Waals surface area contributed by atoms with Crippen molar-refractivity contribution in [2.24, 2.45) is 0 Å². The predicted molar refractivity (Wildman–Crippen MR) is 88.7 cm³/mol. The summed E-state index contributed by atoms with van der Waals surface area (Å²) in [5.74, 6) is -1.80. The molecule has 0 bridgehead atoms. The number of carboxylic acid groups (broad SMARTS) is 1. The Morgan fingerprint density at radius 1 is 1.39 bits per heavy atom. The highest BCUT2D eigenvalue weighted by Gasteiger charge is 2.27. The highest BCUT2D eigenvalue weighted by Crippen LogP contribution is 2.37. The number of halogens is 6. The minimum absolute atomic E-state index is 0.00607. The molecule has 154 valence electrons. The maximum Gasteiger partial charge on any atom is 0.389 e. The fraction of sp³-hybridized carbons (Fsp3) is 0.438. The van der Waals surface area contributed by atoms with Crippen molar-refractivity contribution in [3.05, 3.63) is 28.7 Å². The molecule has 2 aromatic rings. The standard InChI is InChI=1S/C16H15ClF5N3O3/c1-2-25-13(11(17)12(24-25)14(26)27)9-7-23-8(4-3-5-16(20,21)22)6-10(9)28-15(18)19/h6-7,15H,2-5H2,1H3,(H,26,27). The van der Waals surface area contributed by atoms with Gasteiger partial charge in [0.1, 0.15) is 10.8 Å². The van der Waals surface area contributed by atoms with Crippen LogP contribution in [0, 0.1) is 0 Å². The highest BCUT2D eigenvalue weighted by atomic mass is 35.5. The monoisotopic (exact) mass is 427 g/mol. The Hall–Kier alpha value is -2.43. The number of nitrogens with zero attached hydrogens (tertiary/aromatic N) is 3. The number of aromatic nitrogens is 3. The average molecular weight is 428 g/mol. The van der Waals surface area contributed by atoms with Crippen LogP contribution in [-0.2, 0) is 13.0 Å². The predicted octanol–water partition coefficient (Wildman–Crippen LogP) is 4.80. The maximum absolute atomic E-state index is 12.8. The Bertz CT molecular complexity index is 855. The molecule has 0 unspecified atom stereocenters. The molecule has 2 heterocycles. The van der Waals surface area contributed by atoms with Gasteiger partial charge < -0.3 is 9.84 Å². The molecule has 0 amide bonds. The first kappa shape index (κ1) is 21.9. The van der Waals surface area contributed by atoms with E-state index in [1.54, 1.807) is 6.92 Å². The van der Waals surface area contributed by atoms with Gasteiger partial charge in [-0.25, -0.2) is 4.79 Å². The van der Waals surface area contributed by atoms with Gasteiger partial charge >= 0.3 is 18.8 Å². The van der Waals surface area contributed by atoms with Gasteiger partial charge in [-0.3, -0.25) is 9.67 Å². The number of aryl methyl sites for hydroxylation is 2. The summed E-state index contributed by atoms with van der Waals surface area (Å²) in [6, 6.07) is 1.08. The second-order valence-electron chi connectivity index (χ2n) is 5.65. The SMILES string of the molecule is CCn1nc(C(=O)O)c(Cl)c1-c1cnc(CCCC(F)(F)F)cc1OC(F)F. The molecule has 0 saturated carbocycles. The van der Waals surface area contributed by atoms with Gasteiger partial charge in [-0.2, -0.15) is 27.1 Å². The van der Waals surface area contributed by atoms with Crippen LogP contribution in [0.5, 0.6) is 5.75 Å². The zero-order valence-electron chi connectivity index (χ0n) is 14.4. The van der Waals surface area contributed by atoms with E-state index in [1.807, 2.05) is 0 Å². The van der Waals surface area contributed by atoms with Crippen LogP contribution < -0.4 is 4.74 Å². The second kappa shape index (κ2) is 8.72. The average Bonchev–Trinajstić information content (AvgIpc) is 2.90. The summed E-state index contributed by atoms with van der Waals surface area (Å²) in [7, 11) is 0. The van der Waals surface area contributed by atoms with E-state index in [0.29, 0.717) is 0 Å². The molecule has 0 aliphatic rings. The number of pyridine rings is 1. The molecule has 2 rings (SSSR count). The Morgan fingerprint density at radius 2 is 2.07 bits per heavy atom. The third-order valence-corrected chi connectivity index (χ3v) is 4.04. The van der Waals surface area contributed by atoms with E-state index in [-0.39, 0.29) is 47.1 Å². The van der Waals surface area contributed by atoms with Gasteiger partial charge in [-0.15, -0.1) is 0 Å². The topological polar surface area (TPSA) is 77.2 Å². The summed E-state index contributed by atoms with van der Waals surface area (Å²) in [5, 5.41) is 12.7. The smallest absolute Gasteiger partial charge is 0.389 e. The van der Waals surface area contributed by atoms with Crippen molar-refractivity contribution in [1.29, 1.82) is 0 Å². The Morgan fingerprint density at radius 3 is 2.61 bits per heavy atom. The lowest BCUT2D eigenvalue weighted by molar-refractivity contribution is -0.135. The van der Waals surface area contributed by atoms with Crippen molar-refractivity contribution in [3.8, 4) is 17.0 Å². The van der Waals surface area contributed by atoms with E-state index < -0.39 is 30.9 Å². The summed E-state index contributed by atoms with van der Waals surface area (Å²) in [4.78, 5) is 15.2. The molecule has 2 aromatic heterocycles. The lowest BCUT2D eigenvalue weighted by Crippen LogP contribution is -2.09. The number of rotatable bonds is 8. The zero-order chi connectivity index (χ0) is 21.1. The molecule has 0 atom stereocenters. The van der Waals surface area contributed by atoms with Gasteiger partial charge in [0.05, 0.1) is 11.3 Å². The largest absolute Gasteiger partial charge is 0.476 e. The first-order valence-corrected chi connectivity index (χ1v) is 8.41. The van der Waals surface area contributed by atoms with Crippen molar-refractivity contribution >= 4 is 17.6 Å². The Balaban J connectivity index is 2.45. The second-order valence-corrected chi connectivity index (χ2v) is 6.03. The van der Waals surface area contributed by atoms with Crippen molar-refractivity contribution in [2.75, 3.05) is 0 Å². The van der Waals surface area contributed by atoms with E-state index in [2.05, 4.69) is 14.8 Å². The molecular weight excluding hydrogens is 413 g/mol. The third kappa shape index (κ3) is 5.31. The molecule has 0 spiro atoms. The molecule has 1 N–H and O–H groups in total. The highest BCUT2D eigenvalue weighted by molar-refractivity contribution is 6.35. The van der Waals surface area contributed by atoms with Crippen LogP contribution in [0.25, 0.3) is 11.3 Å². The van der Waals surface area contributed by atoms with Crippen molar-refractivity contribution < 1.29 is 36.6 Å². The van der Waals surface area contributed by atoms with E-state index >= 15 is 0 Å². The number of carbonyl (C=O) groups is 1. The number of ether oxygens (including phenoxy) is 1. The van der Waals surface area contributed by atoms with Gasteiger partial charge in [-0.1, -0.05) is 11.6 Å². The molecule has 0 aliphatic carbocycles. The number of hydrogen-bond acceptors (Lipinski definition) is 4. The van der Waals surface area contributed by atoms with Gasteiger partial charge in [-0.05, 0) is 19.8 Å². The lowest BCUT2D eigenvalue weighted by atomic mass is 10.1. The van der Waals surface area contributed by atoms with Crippen LogP contribution in [0.4, 0.5) is 22.0 Å². The Kier molecular flexibility index (Phi) is 6.81. The van der Waals surface area contributed by atoms with Crippen molar-refractivity contribution in [2.45, 2.75) is 45.5 Å². The summed E-state index contributed by atoms with van der Waals surface area (Å²) >= 11 is 6.06. The third-order valence-electron chi connectivity index (χ3n) is 3.68. The number of carboxylic acids is 1. The number of alkyl halides is 5. The summed E-state index contributed by atoms with van der Waals surface area (Å²) < 4.78 is 68.1. The minimum Gasteiger partial charge on any atom is -0.476 e. The number of aromatic carboxylic acids is 1. The normalized spacial score (nSPS) is 11.9. The molecule has 0 aliphatic heterocycles. The molecule has 12 heteroatoms. The minimum atomic E-state index is -4.34. The van der Waals surface area contributed by atoms with E-state index in [0.717, 1.165) is 12.3 Å². The van der Waals surface area contributed by atoms with Crippen LogP contribution in [0.15, 0.2) is 12.3 Å². The molecule has 0 fully saturated rings. The van der Waals surface area contributed by atoms with Crippen LogP contribution in [0.2, 0.25) is 5.02 Å². The van der Waals surface area contributed by atoms with Gasteiger partial charge in [0, 0.05) is 30.9 Å². The molecule has 0 radical (unpaired) electrons.